The number of methoxy groups -OCH3 is 2. The first-order valence-corrected chi connectivity index (χ1v) is 6.79. The molecule has 0 amide bonds. The first-order valence-electron chi connectivity index (χ1n) is 6.79. The maximum absolute atomic E-state index is 5.35. The van der Waals surface area contributed by atoms with Crippen molar-refractivity contribution in [2.75, 3.05) is 14.2 Å². The van der Waals surface area contributed by atoms with Gasteiger partial charge in [0.05, 0.1) is 32.0 Å². The van der Waals surface area contributed by atoms with E-state index in [2.05, 4.69) is 32.4 Å². The van der Waals surface area contributed by atoms with Gasteiger partial charge in [0, 0.05) is 11.8 Å². The second-order valence-corrected chi connectivity index (χ2v) is 4.88. The van der Waals surface area contributed by atoms with Crippen molar-refractivity contribution >= 4 is 0 Å². The van der Waals surface area contributed by atoms with Gasteiger partial charge in [-0.05, 0) is 5.56 Å². The number of ether oxygens (including phenoxy) is 2. The molecule has 0 radical (unpaired) electrons. The van der Waals surface area contributed by atoms with Crippen molar-refractivity contribution in [3.8, 4) is 34.4 Å². The van der Waals surface area contributed by atoms with Crippen molar-refractivity contribution in [3.05, 3.63) is 36.0 Å². The Hall–Kier alpha value is -2.96. The van der Waals surface area contributed by atoms with Crippen molar-refractivity contribution in [2.45, 2.75) is 6.54 Å². The Balaban J connectivity index is 1.91. The molecule has 22 heavy (non-hydrogen) atoms. The molecule has 0 atom stereocenters. The normalized spacial score (nSPS) is 11.9. The van der Waals surface area contributed by atoms with Crippen LogP contribution >= 0.6 is 0 Å². The van der Waals surface area contributed by atoms with Gasteiger partial charge in [0.1, 0.15) is 5.69 Å². The van der Waals surface area contributed by atoms with Crippen LogP contribution < -0.4 is 9.47 Å². The summed E-state index contributed by atoms with van der Waals surface area (Å²) in [4.78, 5) is 8.37. The van der Waals surface area contributed by atoms with Crippen LogP contribution in [-0.4, -0.2) is 39.2 Å². The summed E-state index contributed by atoms with van der Waals surface area (Å²) in [6.07, 6.45) is 1.65. The smallest absolute Gasteiger partial charge is 0.319 e. The van der Waals surface area contributed by atoms with E-state index in [0.29, 0.717) is 17.1 Å². The average molecular weight is 295 g/mol. The van der Waals surface area contributed by atoms with E-state index in [1.807, 2.05) is 16.8 Å². The quantitative estimate of drug-likeness (QED) is 0.573. The lowest BCUT2D eigenvalue weighted by Crippen LogP contribution is -1.98. The van der Waals surface area contributed by atoms with Crippen LogP contribution in [-0.2, 0) is 6.54 Å². The van der Waals surface area contributed by atoms with E-state index < -0.39 is 0 Å². The Morgan fingerprint density at radius 1 is 1.09 bits per heavy atom. The Morgan fingerprint density at radius 2 is 1.95 bits per heavy atom. The highest BCUT2D eigenvalue weighted by atomic mass is 16.5. The molecule has 0 spiro atoms. The standard InChI is InChI=1S/C15H13N5O2/c1-21-14-11(7-16-15(17-14)22-2)12-13-10-6-4-3-5-9(10)8-20(13)19-18-12/h3-7H,8H2,1-2H3. The van der Waals surface area contributed by atoms with Gasteiger partial charge >= 0.3 is 6.01 Å². The SMILES string of the molecule is COc1ncc(-c2nnn3c2-c2ccccc2C3)c(OC)n1. The van der Waals surface area contributed by atoms with Gasteiger partial charge in [-0.3, -0.25) is 0 Å². The fourth-order valence-electron chi connectivity index (χ4n) is 2.69. The highest BCUT2D eigenvalue weighted by molar-refractivity contribution is 5.83. The number of hydrogen-bond donors (Lipinski definition) is 0. The monoisotopic (exact) mass is 295 g/mol. The Labute approximate surface area is 126 Å². The molecule has 0 bridgehead atoms. The van der Waals surface area contributed by atoms with Gasteiger partial charge in [-0.2, -0.15) is 4.98 Å². The van der Waals surface area contributed by atoms with Gasteiger partial charge in [0.15, 0.2) is 0 Å². The Bertz CT molecular complexity index is 859. The summed E-state index contributed by atoms with van der Waals surface area (Å²) in [5.41, 5.74) is 4.72. The van der Waals surface area contributed by atoms with E-state index in [-0.39, 0.29) is 6.01 Å². The zero-order valence-electron chi connectivity index (χ0n) is 12.1. The topological polar surface area (TPSA) is 75.0 Å². The third-order valence-corrected chi connectivity index (χ3v) is 3.69. The second kappa shape index (κ2) is 4.80. The molecule has 3 aromatic rings. The minimum Gasteiger partial charge on any atom is -0.480 e. The molecule has 0 fully saturated rings. The first-order chi connectivity index (χ1) is 10.8. The van der Waals surface area contributed by atoms with Crippen LogP contribution in [0, 0.1) is 0 Å². The van der Waals surface area contributed by atoms with Crippen molar-refractivity contribution in [1.82, 2.24) is 25.0 Å². The van der Waals surface area contributed by atoms with Crippen LogP contribution in [0.1, 0.15) is 5.56 Å². The molecule has 0 saturated heterocycles. The van der Waals surface area contributed by atoms with Crippen LogP contribution in [0.4, 0.5) is 0 Å². The summed E-state index contributed by atoms with van der Waals surface area (Å²) in [7, 11) is 3.07. The molecular weight excluding hydrogens is 282 g/mol. The van der Waals surface area contributed by atoms with Gasteiger partial charge in [-0.15, -0.1) is 5.10 Å². The van der Waals surface area contributed by atoms with Crippen LogP contribution in [0.25, 0.3) is 22.5 Å². The molecule has 4 rings (SSSR count). The zero-order chi connectivity index (χ0) is 15.1. The lowest BCUT2D eigenvalue weighted by atomic mass is 10.0. The van der Waals surface area contributed by atoms with Crippen molar-refractivity contribution in [3.63, 3.8) is 0 Å². The summed E-state index contributed by atoms with van der Waals surface area (Å²) in [6.45, 7) is 0.720. The second-order valence-electron chi connectivity index (χ2n) is 4.88. The molecule has 1 aliphatic rings. The molecule has 7 nitrogen and oxygen atoms in total. The largest absolute Gasteiger partial charge is 0.480 e. The van der Waals surface area contributed by atoms with E-state index in [4.69, 9.17) is 9.47 Å². The molecule has 110 valence electrons. The predicted molar refractivity (Wildman–Crippen MR) is 78.7 cm³/mol. The average Bonchev–Trinajstić information content (AvgIpc) is 3.13. The maximum Gasteiger partial charge on any atom is 0.319 e. The third-order valence-electron chi connectivity index (χ3n) is 3.69. The molecule has 2 aromatic heterocycles. The molecule has 7 heteroatoms. The molecule has 0 saturated carbocycles. The van der Waals surface area contributed by atoms with Crippen LogP contribution in [0.5, 0.6) is 11.9 Å². The van der Waals surface area contributed by atoms with Gasteiger partial charge in [-0.1, -0.05) is 29.5 Å². The number of rotatable bonds is 3. The van der Waals surface area contributed by atoms with Crippen molar-refractivity contribution < 1.29 is 9.47 Å². The molecule has 1 aromatic carbocycles. The maximum atomic E-state index is 5.35. The van der Waals surface area contributed by atoms with Gasteiger partial charge < -0.3 is 9.47 Å². The van der Waals surface area contributed by atoms with E-state index >= 15 is 0 Å². The van der Waals surface area contributed by atoms with E-state index in [1.165, 1.54) is 12.7 Å². The lowest BCUT2D eigenvalue weighted by molar-refractivity contribution is 0.353. The Kier molecular flexibility index (Phi) is 2.78. The first kappa shape index (κ1) is 12.8. The Morgan fingerprint density at radius 3 is 2.77 bits per heavy atom. The van der Waals surface area contributed by atoms with Crippen LogP contribution in [0.3, 0.4) is 0 Å². The van der Waals surface area contributed by atoms with E-state index in [1.54, 1.807) is 13.3 Å². The minimum absolute atomic E-state index is 0.254. The van der Waals surface area contributed by atoms with Gasteiger partial charge in [-0.25, -0.2) is 9.67 Å². The van der Waals surface area contributed by atoms with Crippen LogP contribution in [0.15, 0.2) is 30.5 Å². The summed E-state index contributed by atoms with van der Waals surface area (Å²) in [5.74, 6) is 0.416. The lowest BCUT2D eigenvalue weighted by Gasteiger charge is -2.07. The molecule has 1 aliphatic heterocycles. The highest BCUT2D eigenvalue weighted by Gasteiger charge is 2.27. The van der Waals surface area contributed by atoms with E-state index in [0.717, 1.165) is 17.8 Å². The van der Waals surface area contributed by atoms with Crippen molar-refractivity contribution in [1.29, 1.82) is 0 Å². The number of benzene rings is 1. The fraction of sp³-hybridized carbons (Fsp3) is 0.200. The molecular formula is C15H13N5O2. The predicted octanol–water partition coefficient (Wildman–Crippen LogP) is 1.78. The minimum atomic E-state index is 0.254. The fourth-order valence-corrected chi connectivity index (χ4v) is 2.69. The summed E-state index contributed by atoms with van der Waals surface area (Å²) < 4.78 is 12.3. The van der Waals surface area contributed by atoms with E-state index in [9.17, 15) is 0 Å². The summed E-state index contributed by atoms with van der Waals surface area (Å²) in [6, 6.07) is 8.44. The molecule has 0 aliphatic carbocycles. The van der Waals surface area contributed by atoms with Crippen molar-refractivity contribution in [2.24, 2.45) is 0 Å². The summed E-state index contributed by atoms with van der Waals surface area (Å²) in [5, 5.41) is 8.51. The zero-order valence-corrected chi connectivity index (χ0v) is 12.1. The van der Waals surface area contributed by atoms with Crippen LogP contribution in [0.2, 0.25) is 0 Å². The number of fused-ring (bicyclic) bond motifs is 3. The molecule has 3 heterocycles. The number of aromatic nitrogens is 5. The summed E-state index contributed by atoms with van der Waals surface area (Å²) >= 11 is 0. The molecule has 0 unspecified atom stereocenters. The number of nitrogens with zero attached hydrogens (tertiary/aromatic N) is 5. The van der Waals surface area contributed by atoms with Gasteiger partial charge in [0.25, 0.3) is 0 Å². The van der Waals surface area contributed by atoms with Gasteiger partial charge in [0.2, 0.25) is 5.88 Å². The molecule has 0 N–H and O–H groups in total. The third kappa shape index (κ3) is 1.75. The number of hydrogen-bond acceptors (Lipinski definition) is 6. The highest BCUT2D eigenvalue weighted by Crippen LogP contribution is 2.39.